The summed E-state index contributed by atoms with van der Waals surface area (Å²) in [6.07, 6.45) is 1.74. The van der Waals surface area contributed by atoms with Crippen LogP contribution in [0, 0.1) is 6.92 Å². The zero-order chi connectivity index (χ0) is 24.0. The van der Waals surface area contributed by atoms with E-state index in [0.29, 0.717) is 25.5 Å². The van der Waals surface area contributed by atoms with Crippen LogP contribution in [0.5, 0.6) is 11.5 Å². The molecule has 35 heavy (non-hydrogen) atoms. The molecule has 0 unspecified atom stereocenters. The topological polar surface area (TPSA) is 70.8 Å². The van der Waals surface area contributed by atoms with Crippen LogP contribution in [-0.4, -0.2) is 42.1 Å². The molecule has 1 aromatic heterocycles. The third-order valence-electron chi connectivity index (χ3n) is 6.03. The molecule has 1 saturated heterocycles. The number of anilines is 1. The summed E-state index contributed by atoms with van der Waals surface area (Å²) < 4.78 is 11.5. The molecule has 0 radical (unpaired) electrons. The molecular formula is C28H28N4O3. The lowest BCUT2D eigenvalue weighted by atomic mass is 10.1. The minimum atomic E-state index is -0.0462. The van der Waals surface area contributed by atoms with Gasteiger partial charge in [-0.1, -0.05) is 30.3 Å². The summed E-state index contributed by atoms with van der Waals surface area (Å²) in [5, 5.41) is 3.04. The van der Waals surface area contributed by atoms with Crippen LogP contribution in [0.1, 0.15) is 11.5 Å². The summed E-state index contributed by atoms with van der Waals surface area (Å²) in [6, 6.07) is 25.7. The maximum Gasteiger partial charge on any atom is 0.317 e. The molecule has 1 aliphatic rings. The van der Waals surface area contributed by atoms with Gasteiger partial charge >= 0.3 is 6.03 Å². The third-order valence-corrected chi connectivity index (χ3v) is 6.03. The van der Waals surface area contributed by atoms with E-state index in [0.717, 1.165) is 47.2 Å². The lowest BCUT2D eigenvalue weighted by molar-refractivity contribution is 0.194. The van der Waals surface area contributed by atoms with Crippen molar-refractivity contribution in [1.82, 2.24) is 15.2 Å². The number of ether oxygens (including phenoxy) is 1. The number of nitrogens with zero attached hydrogens (tertiary/aromatic N) is 3. The number of rotatable bonds is 6. The van der Waals surface area contributed by atoms with E-state index in [4.69, 9.17) is 9.15 Å². The normalized spacial score (nSPS) is 13.5. The number of para-hydroxylation sites is 1. The van der Waals surface area contributed by atoms with E-state index in [1.54, 1.807) is 6.20 Å². The van der Waals surface area contributed by atoms with Gasteiger partial charge in [0, 0.05) is 50.9 Å². The van der Waals surface area contributed by atoms with Gasteiger partial charge in [-0.25, -0.2) is 9.78 Å². The van der Waals surface area contributed by atoms with Crippen molar-refractivity contribution in [2.45, 2.75) is 13.5 Å². The Hall–Kier alpha value is -4.26. The van der Waals surface area contributed by atoms with Crippen molar-refractivity contribution < 1.29 is 13.9 Å². The first kappa shape index (κ1) is 22.5. The Morgan fingerprint density at radius 3 is 2.40 bits per heavy atom. The summed E-state index contributed by atoms with van der Waals surface area (Å²) in [6.45, 7) is 5.21. The maximum absolute atomic E-state index is 12.7. The van der Waals surface area contributed by atoms with Crippen LogP contribution < -0.4 is 15.0 Å². The van der Waals surface area contributed by atoms with Crippen LogP contribution in [0.25, 0.3) is 11.3 Å². The first-order valence-corrected chi connectivity index (χ1v) is 11.8. The number of aromatic nitrogens is 1. The average Bonchev–Trinajstić information content (AvgIpc) is 3.34. The molecule has 4 aromatic rings. The molecule has 0 spiro atoms. The van der Waals surface area contributed by atoms with E-state index in [2.05, 4.69) is 27.3 Å². The highest BCUT2D eigenvalue weighted by molar-refractivity contribution is 5.74. The van der Waals surface area contributed by atoms with Gasteiger partial charge in [0.05, 0.1) is 6.20 Å². The second kappa shape index (κ2) is 10.3. The van der Waals surface area contributed by atoms with Gasteiger partial charge in [0.2, 0.25) is 0 Å². The summed E-state index contributed by atoms with van der Waals surface area (Å²) in [4.78, 5) is 21.1. The molecule has 0 aliphatic carbocycles. The van der Waals surface area contributed by atoms with Gasteiger partial charge in [0.1, 0.15) is 11.5 Å². The molecule has 0 saturated carbocycles. The van der Waals surface area contributed by atoms with Crippen LogP contribution in [0.2, 0.25) is 0 Å². The summed E-state index contributed by atoms with van der Waals surface area (Å²) in [5.41, 5.74) is 3.14. The summed E-state index contributed by atoms with van der Waals surface area (Å²) in [7, 11) is 0. The Morgan fingerprint density at radius 1 is 0.943 bits per heavy atom. The van der Waals surface area contributed by atoms with Gasteiger partial charge in [-0.2, -0.15) is 0 Å². The highest BCUT2D eigenvalue weighted by atomic mass is 16.5. The molecule has 0 bridgehead atoms. The van der Waals surface area contributed by atoms with Crippen molar-refractivity contribution >= 4 is 11.7 Å². The largest absolute Gasteiger partial charge is 0.457 e. The Morgan fingerprint density at radius 2 is 1.69 bits per heavy atom. The molecule has 2 amide bonds. The lowest BCUT2D eigenvalue weighted by Crippen LogP contribution is -2.51. The molecule has 178 valence electrons. The van der Waals surface area contributed by atoms with Crippen molar-refractivity contribution in [3.8, 4) is 22.8 Å². The number of hydrogen-bond acceptors (Lipinski definition) is 5. The maximum atomic E-state index is 12.7. The number of piperazine rings is 1. The number of carbonyl (C=O) groups is 1. The minimum absolute atomic E-state index is 0.0462. The Balaban J connectivity index is 1.11. The molecule has 2 heterocycles. The van der Waals surface area contributed by atoms with E-state index in [1.165, 1.54) is 0 Å². The van der Waals surface area contributed by atoms with Crippen LogP contribution in [-0.2, 0) is 6.54 Å². The molecule has 1 aliphatic heterocycles. The number of urea groups is 1. The van der Waals surface area contributed by atoms with Gasteiger partial charge in [-0.05, 0) is 54.1 Å². The van der Waals surface area contributed by atoms with Crippen molar-refractivity contribution in [1.29, 1.82) is 0 Å². The van der Waals surface area contributed by atoms with E-state index < -0.39 is 0 Å². The highest BCUT2D eigenvalue weighted by Crippen LogP contribution is 2.25. The molecule has 1 fully saturated rings. The van der Waals surface area contributed by atoms with Gasteiger partial charge in [-0.3, -0.25) is 0 Å². The zero-order valence-corrected chi connectivity index (χ0v) is 19.7. The van der Waals surface area contributed by atoms with Crippen LogP contribution >= 0.6 is 0 Å². The Bertz CT molecular complexity index is 1260. The van der Waals surface area contributed by atoms with Gasteiger partial charge in [0.25, 0.3) is 0 Å². The van der Waals surface area contributed by atoms with Crippen LogP contribution in [0.3, 0.4) is 0 Å². The summed E-state index contributed by atoms with van der Waals surface area (Å²) >= 11 is 0. The Labute approximate surface area is 205 Å². The number of oxazole rings is 1. The number of carbonyl (C=O) groups excluding carboxylic acids is 1. The molecular weight excluding hydrogens is 440 g/mol. The predicted molar refractivity (Wildman–Crippen MR) is 136 cm³/mol. The summed E-state index contributed by atoms with van der Waals surface area (Å²) in [5.74, 6) is 2.97. The molecule has 1 N–H and O–H groups in total. The molecule has 7 heteroatoms. The van der Waals surface area contributed by atoms with Crippen molar-refractivity contribution in [3.05, 3.63) is 96.5 Å². The number of nitrogens with one attached hydrogen (secondary N) is 1. The van der Waals surface area contributed by atoms with Gasteiger partial charge in [0.15, 0.2) is 11.7 Å². The highest BCUT2D eigenvalue weighted by Gasteiger charge is 2.21. The number of amides is 2. The fourth-order valence-corrected chi connectivity index (χ4v) is 4.13. The minimum Gasteiger partial charge on any atom is -0.457 e. The number of hydrogen-bond donors (Lipinski definition) is 1. The fraction of sp³-hybridized carbons (Fsp3) is 0.214. The van der Waals surface area contributed by atoms with Crippen molar-refractivity contribution in [2.75, 3.05) is 31.1 Å². The lowest BCUT2D eigenvalue weighted by Gasteiger charge is -2.36. The molecule has 7 nitrogen and oxygen atoms in total. The van der Waals surface area contributed by atoms with E-state index >= 15 is 0 Å². The van der Waals surface area contributed by atoms with Gasteiger partial charge in [-0.15, -0.1) is 0 Å². The van der Waals surface area contributed by atoms with Crippen molar-refractivity contribution in [3.63, 3.8) is 0 Å². The van der Waals surface area contributed by atoms with E-state index in [-0.39, 0.29) is 6.03 Å². The second-order valence-corrected chi connectivity index (χ2v) is 8.49. The van der Waals surface area contributed by atoms with Crippen LogP contribution in [0.15, 0.2) is 89.5 Å². The quantitative estimate of drug-likeness (QED) is 0.406. The van der Waals surface area contributed by atoms with E-state index in [1.807, 2.05) is 78.6 Å². The second-order valence-electron chi connectivity index (χ2n) is 8.49. The fourth-order valence-electron chi connectivity index (χ4n) is 4.13. The SMILES string of the molecule is Cc1ncc(-c2ccc(N3CCN(C(=O)NCc4cccc(Oc5ccccc5)c4)CC3)cc2)o1. The molecule has 0 atom stereocenters. The van der Waals surface area contributed by atoms with Crippen molar-refractivity contribution in [2.24, 2.45) is 0 Å². The number of aryl methyl sites for hydroxylation is 1. The van der Waals surface area contributed by atoms with Gasteiger partial charge < -0.3 is 24.3 Å². The first-order valence-electron chi connectivity index (χ1n) is 11.8. The average molecular weight is 469 g/mol. The Kier molecular flexibility index (Phi) is 6.66. The monoisotopic (exact) mass is 468 g/mol. The first-order chi connectivity index (χ1) is 17.1. The van der Waals surface area contributed by atoms with Crippen LogP contribution in [0.4, 0.5) is 10.5 Å². The van der Waals surface area contributed by atoms with E-state index in [9.17, 15) is 4.79 Å². The smallest absolute Gasteiger partial charge is 0.317 e. The zero-order valence-electron chi connectivity index (χ0n) is 19.7. The standard InChI is InChI=1S/C28H28N4O3/c1-21-29-20-27(34-21)23-10-12-24(13-11-23)31-14-16-32(17-15-31)28(33)30-19-22-6-5-9-26(18-22)35-25-7-3-2-4-8-25/h2-13,18,20H,14-17,19H2,1H3,(H,30,33). The molecule has 5 rings (SSSR count). The molecule has 3 aromatic carbocycles. The number of benzene rings is 3. The predicted octanol–water partition coefficient (Wildman–Crippen LogP) is 5.47. The third kappa shape index (κ3) is 5.63.